The first-order valence-corrected chi connectivity index (χ1v) is 12.7. The third kappa shape index (κ3) is 4.69. The summed E-state index contributed by atoms with van der Waals surface area (Å²) in [5.41, 5.74) is 2.92. The third-order valence-corrected chi connectivity index (χ3v) is 7.52. The summed E-state index contributed by atoms with van der Waals surface area (Å²) in [5.74, 6) is 1.05. The van der Waals surface area contributed by atoms with Gasteiger partial charge in [-0.15, -0.1) is 0 Å². The van der Waals surface area contributed by atoms with Crippen LogP contribution < -0.4 is 15.5 Å². The van der Waals surface area contributed by atoms with Crippen LogP contribution in [0.2, 0.25) is 0 Å². The lowest BCUT2D eigenvalue weighted by Gasteiger charge is -2.39. The number of rotatable bonds is 6. The Hall–Kier alpha value is -3.20. The Morgan fingerprint density at radius 1 is 1.11 bits per heavy atom. The highest BCUT2D eigenvalue weighted by Crippen LogP contribution is 2.32. The van der Waals surface area contributed by atoms with Gasteiger partial charge in [0.05, 0.1) is 31.3 Å². The average Bonchev–Trinajstić information content (AvgIpc) is 3.47. The van der Waals surface area contributed by atoms with E-state index < -0.39 is 0 Å². The Labute approximate surface area is 205 Å². The molecule has 3 N–H and O–H groups in total. The topological polar surface area (TPSA) is 111 Å². The Balaban J connectivity index is 1.35. The number of hydrogen-bond acceptors (Lipinski definition) is 7. The van der Waals surface area contributed by atoms with E-state index in [1.54, 1.807) is 4.90 Å². The summed E-state index contributed by atoms with van der Waals surface area (Å²) in [7, 11) is 0. The van der Waals surface area contributed by atoms with E-state index in [2.05, 4.69) is 29.4 Å². The highest BCUT2D eigenvalue weighted by molar-refractivity contribution is 6.03. The average molecular weight is 479 g/mol. The number of anilines is 3. The first-order valence-electron chi connectivity index (χ1n) is 12.7. The summed E-state index contributed by atoms with van der Waals surface area (Å²) < 4.78 is 0. The van der Waals surface area contributed by atoms with Gasteiger partial charge in [-0.25, -0.2) is 4.98 Å². The lowest BCUT2D eigenvalue weighted by molar-refractivity contribution is -0.132. The van der Waals surface area contributed by atoms with Gasteiger partial charge in [0.15, 0.2) is 0 Å². The number of carbonyl (C=O) groups is 2. The molecule has 0 aliphatic carbocycles. The summed E-state index contributed by atoms with van der Waals surface area (Å²) in [5, 5.41) is 15.7. The van der Waals surface area contributed by atoms with Crippen LogP contribution in [-0.4, -0.2) is 63.1 Å². The Bertz CT molecular complexity index is 1100. The standard InChI is InChI=1S/C26H34N6O3/c1-16-5-3-6-17(2)32(16)26-29-21-14-27-25(35)23(21)24(30-26)28-19-10-8-18(9-11-19)13-22(34)31-12-4-7-20(31)15-33/h8-11,16-17,20,33H,3-7,12-15H2,1-2H3,(H,27,35)(H,28,29,30)/t16-,17?,20?/m0/s1. The molecule has 0 saturated carbocycles. The molecule has 9 nitrogen and oxygen atoms in total. The molecule has 3 aliphatic heterocycles. The zero-order valence-corrected chi connectivity index (χ0v) is 20.5. The van der Waals surface area contributed by atoms with Crippen molar-refractivity contribution in [1.82, 2.24) is 20.2 Å². The molecule has 3 atom stereocenters. The van der Waals surface area contributed by atoms with Crippen molar-refractivity contribution in [2.75, 3.05) is 23.4 Å². The van der Waals surface area contributed by atoms with Gasteiger partial charge >= 0.3 is 0 Å². The maximum Gasteiger partial charge on any atom is 0.257 e. The van der Waals surface area contributed by atoms with Crippen molar-refractivity contribution in [3.8, 4) is 0 Å². The molecule has 0 spiro atoms. The van der Waals surface area contributed by atoms with E-state index in [4.69, 9.17) is 9.97 Å². The second kappa shape index (κ2) is 9.81. The van der Waals surface area contributed by atoms with Crippen molar-refractivity contribution in [3.63, 3.8) is 0 Å². The Morgan fingerprint density at radius 3 is 2.57 bits per heavy atom. The number of aliphatic hydroxyl groups excluding tert-OH is 1. The highest BCUT2D eigenvalue weighted by Gasteiger charge is 2.32. The van der Waals surface area contributed by atoms with E-state index in [0.29, 0.717) is 48.9 Å². The monoisotopic (exact) mass is 478 g/mol. The Kier molecular flexibility index (Phi) is 6.60. The van der Waals surface area contributed by atoms with Gasteiger partial charge in [-0.2, -0.15) is 4.98 Å². The van der Waals surface area contributed by atoms with Crippen molar-refractivity contribution >= 4 is 29.3 Å². The van der Waals surface area contributed by atoms with Crippen LogP contribution in [0.5, 0.6) is 0 Å². The highest BCUT2D eigenvalue weighted by atomic mass is 16.3. The molecule has 2 unspecified atom stereocenters. The second-order valence-corrected chi connectivity index (χ2v) is 9.98. The largest absolute Gasteiger partial charge is 0.394 e. The fraction of sp³-hybridized carbons (Fsp3) is 0.538. The predicted octanol–water partition coefficient (Wildman–Crippen LogP) is 2.76. The maximum atomic E-state index is 12.7. The minimum Gasteiger partial charge on any atom is -0.394 e. The molecule has 9 heteroatoms. The van der Waals surface area contributed by atoms with Crippen LogP contribution in [0.1, 0.15) is 67.6 Å². The van der Waals surface area contributed by atoms with Crippen LogP contribution in [0.4, 0.5) is 17.5 Å². The molecule has 0 bridgehead atoms. The first-order chi connectivity index (χ1) is 16.9. The quantitative estimate of drug-likeness (QED) is 0.585. The molecule has 1 aromatic carbocycles. The predicted molar refractivity (Wildman–Crippen MR) is 134 cm³/mol. The van der Waals surface area contributed by atoms with Gasteiger partial charge in [0.25, 0.3) is 5.91 Å². The van der Waals surface area contributed by atoms with Crippen LogP contribution in [0, 0.1) is 0 Å². The van der Waals surface area contributed by atoms with Crippen LogP contribution >= 0.6 is 0 Å². The molecule has 35 heavy (non-hydrogen) atoms. The molecule has 0 radical (unpaired) electrons. The minimum atomic E-state index is -0.167. The van der Waals surface area contributed by atoms with Crippen molar-refractivity contribution in [3.05, 3.63) is 41.1 Å². The molecule has 1 aromatic heterocycles. The van der Waals surface area contributed by atoms with E-state index in [1.807, 2.05) is 24.3 Å². The summed E-state index contributed by atoms with van der Waals surface area (Å²) in [6.07, 6.45) is 5.49. The summed E-state index contributed by atoms with van der Waals surface area (Å²) in [6, 6.07) is 8.27. The molecule has 2 aromatic rings. The molecule has 2 amide bonds. The Morgan fingerprint density at radius 2 is 1.86 bits per heavy atom. The van der Waals surface area contributed by atoms with E-state index in [1.165, 1.54) is 6.42 Å². The van der Waals surface area contributed by atoms with E-state index in [0.717, 1.165) is 42.6 Å². The number of benzene rings is 1. The van der Waals surface area contributed by atoms with Crippen LogP contribution in [0.3, 0.4) is 0 Å². The number of amides is 2. The molecule has 4 heterocycles. The number of aromatic nitrogens is 2. The number of piperidine rings is 1. The smallest absolute Gasteiger partial charge is 0.257 e. The van der Waals surface area contributed by atoms with Crippen LogP contribution in [0.15, 0.2) is 24.3 Å². The van der Waals surface area contributed by atoms with Crippen molar-refractivity contribution in [2.24, 2.45) is 0 Å². The zero-order chi connectivity index (χ0) is 24.5. The minimum absolute atomic E-state index is 0.0163. The van der Waals surface area contributed by atoms with Gasteiger partial charge in [0, 0.05) is 24.3 Å². The third-order valence-electron chi connectivity index (χ3n) is 7.52. The fourth-order valence-electron chi connectivity index (χ4n) is 5.61. The summed E-state index contributed by atoms with van der Waals surface area (Å²) in [4.78, 5) is 38.9. The number of fused-ring (bicyclic) bond motifs is 1. The van der Waals surface area contributed by atoms with E-state index in [-0.39, 0.29) is 24.5 Å². The fourth-order valence-corrected chi connectivity index (χ4v) is 5.61. The molecule has 2 fully saturated rings. The molecule has 5 rings (SSSR count). The molecular formula is C26H34N6O3. The van der Waals surface area contributed by atoms with Gasteiger partial charge in [0.1, 0.15) is 11.4 Å². The summed E-state index contributed by atoms with van der Waals surface area (Å²) >= 11 is 0. The van der Waals surface area contributed by atoms with Crippen molar-refractivity contribution in [1.29, 1.82) is 0 Å². The second-order valence-electron chi connectivity index (χ2n) is 9.98. The molecule has 3 aliphatic rings. The molecule has 186 valence electrons. The lowest BCUT2D eigenvalue weighted by atomic mass is 9.98. The van der Waals surface area contributed by atoms with E-state index >= 15 is 0 Å². The number of carbonyl (C=O) groups excluding carboxylic acids is 2. The molecular weight excluding hydrogens is 444 g/mol. The van der Waals surface area contributed by atoms with Gasteiger partial charge in [0.2, 0.25) is 11.9 Å². The summed E-state index contributed by atoms with van der Waals surface area (Å²) in [6.45, 7) is 5.53. The van der Waals surface area contributed by atoms with Crippen molar-refractivity contribution in [2.45, 2.75) is 77.0 Å². The molecule has 2 saturated heterocycles. The van der Waals surface area contributed by atoms with Crippen LogP contribution in [0.25, 0.3) is 0 Å². The zero-order valence-electron chi connectivity index (χ0n) is 20.5. The number of hydrogen-bond donors (Lipinski definition) is 3. The van der Waals surface area contributed by atoms with Gasteiger partial charge < -0.3 is 25.5 Å². The normalized spacial score (nSPS) is 23.9. The van der Waals surface area contributed by atoms with Gasteiger partial charge in [-0.1, -0.05) is 12.1 Å². The number of nitrogens with one attached hydrogen (secondary N) is 2. The van der Waals surface area contributed by atoms with E-state index in [9.17, 15) is 14.7 Å². The van der Waals surface area contributed by atoms with Crippen molar-refractivity contribution < 1.29 is 14.7 Å². The van der Waals surface area contributed by atoms with Gasteiger partial charge in [-0.3, -0.25) is 9.59 Å². The number of aliphatic hydroxyl groups is 1. The van der Waals surface area contributed by atoms with Crippen LogP contribution in [-0.2, 0) is 17.8 Å². The number of nitrogens with zero attached hydrogens (tertiary/aromatic N) is 4. The lowest BCUT2D eigenvalue weighted by Crippen LogP contribution is -2.45. The maximum absolute atomic E-state index is 12.7. The number of likely N-dealkylation sites (tertiary alicyclic amines) is 1. The van der Waals surface area contributed by atoms with Gasteiger partial charge in [-0.05, 0) is 63.6 Å². The first kappa shape index (κ1) is 23.5. The SMILES string of the molecule is CC1CCC[C@H](C)N1c1nc2c(c(Nc3ccc(CC(=O)N4CCCC4CO)cc3)n1)C(=O)NC2.